The van der Waals surface area contributed by atoms with Crippen molar-refractivity contribution in [3.63, 3.8) is 0 Å². The Morgan fingerprint density at radius 2 is 0.522 bits per heavy atom. The average molecular weight is 968 g/mol. The van der Waals surface area contributed by atoms with E-state index in [1.807, 2.05) is 0 Å². The van der Waals surface area contributed by atoms with E-state index in [-0.39, 0.29) is 31.1 Å². The van der Waals surface area contributed by atoms with Gasteiger partial charge in [-0.3, -0.25) is 14.4 Å². The van der Waals surface area contributed by atoms with E-state index in [0.29, 0.717) is 19.3 Å². The summed E-state index contributed by atoms with van der Waals surface area (Å²) in [6, 6.07) is 0. The van der Waals surface area contributed by atoms with Crippen molar-refractivity contribution in [2.75, 3.05) is 13.2 Å². The molecule has 0 aromatic carbocycles. The standard InChI is InChI=1S/C63H114O6/c1-4-7-10-13-16-19-22-25-28-30-31-33-36-38-41-44-47-50-53-56-62(65)68-59-60(69-63(66)57-54-51-48-45-42-39-34-27-24-21-18-15-12-9-6-3)58-67-61(64)55-52-49-46-43-40-37-35-32-29-26-23-20-17-14-11-8-5-2/h16,18-19,21,25,27-28,34,60H,4-15,17,20,22-24,26,29-33,35-59H2,1-3H3/b19-16-,21-18-,28-25-,34-27-/t60-/m0/s1. The SMILES string of the molecule is CCCCC/C=C\C/C=C\CCCCCCCCCCCC(=O)OC[C@H](COC(=O)CCCCCCCCCCCCCCCCCCC)OC(=O)CCCCCCC/C=C\C/C=C\CCCCC. The smallest absolute Gasteiger partial charge is 0.306 e. The highest BCUT2D eigenvalue weighted by molar-refractivity contribution is 5.71. The van der Waals surface area contributed by atoms with Gasteiger partial charge in [-0.2, -0.15) is 0 Å². The lowest BCUT2D eigenvalue weighted by Gasteiger charge is -2.18. The molecule has 0 radical (unpaired) electrons. The highest BCUT2D eigenvalue weighted by Crippen LogP contribution is 2.17. The molecule has 0 aliphatic rings. The van der Waals surface area contributed by atoms with E-state index in [1.54, 1.807) is 0 Å². The van der Waals surface area contributed by atoms with Crippen LogP contribution in [0.25, 0.3) is 0 Å². The fourth-order valence-electron chi connectivity index (χ4n) is 8.74. The fourth-order valence-corrected chi connectivity index (χ4v) is 8.74. The van der Waals surface area contributed by atoms with Crippen molar-refractivity contribution in [2.45, 2.75) is 322 Å². The van der Waals surface area contributed by atoms with E-state index in [1.165, 1.54) is 186 Å². The van der Waals surface area contributed by atoms with Crippen LogP contribution in [-0.4, -0.2) is 37.2 Å². The van der Waals surface area contributed by atoms with Gasteiger partial charge in [-0.1, -0.05) is 262 Å². The quantitative estimate of drug-likeness (QED) is 0.0262. The third-order valence-corrected chi connectivity index (χ3v) is 13.3. The number of rotatable bonds is 55. The first-order valence-electron chi connectivity index (χ1n) is 30.1. The first kappa shape index (κ1) is 66.4. The summed E-state index contributed by atoms with van der Waals surface area (Å²) < 4.78 is 16.9. The van der Waals surface area contributed by atoms with Crippen molar-refractivity contribution < 1.29 is 28.6 Å². The lowest BCUT2D eigenvalue weighted by molar-refractivity contribution is -0.167. The Labute approximate surface area is 428 Å². The van der Waals surface area contributed by atoms with Crippen molar-refractivity contribution in [3.8, 4) is 0 Å². The van der Waals surface area contributed by atoms with Gasteiger partial charge in [-0.25, -0.2) is 0 Å². The van der Waals surface area contributed by atoms with E-state index in [9.17, 15) is 14.4 Å². The summed E-state index contributed by atoms with van der Waals surface area (Å²) in [7, 11) is 0. The number of esters is 3. The molecule has 0 fully saturated rings. The second-order valence-electron chi connectivity index (χ2n) is 20.3. The topological polar surface area (TPSA) is 78.9 Å². The summed E-state index contributed by atoms with van der Waals surface area (Å²) in [6.45, 7) is 6.62. The van der Waals surface area contributed by atoms with Gasteiger partial charge in [0, 0.05) is 19.3 Å². The van der Waals surface area contributed by atoms with Crippen LogP contribution < -0.4 is 0 Å². The Morgan fingerprint density at radius 3 is 0.826 bits per heavy atom. The molecular weight excluding hydrogens is 853 g/mol. The monoisotopic (exact) mass is 967 g/mol. The van der Waals surface area contributed by atoms with Gasteiger partial charge in [0.2, 0.25) is 0 Å². The van der Waals surface area contributed by atoms with E-state index in [4.69, 9.17) is 14.2 Å². The lowest BCUT2D eigenvalue weighted by Crippen LogP contribution is -2.30. The molecule has 6 nitrogen and oxygen atoms in total. The number of hydrogen-bond donors (Lipinski definition) is 0. The number of allylic oxidation sites excluding steroid dienone is 8. The van der Waals surface area contributed by atoms with E-state index in [0.717, 1.165) is 89.9 Å². The zero-order valence-corrected chi connectivity index (χ0v) is 46.1. The maximum atomic E-state index is 12.9. The Hall–Kier alpha value is -2.63. The lowest BCUT2D eigenvalue weighted by atomic mass is 10.0. The van der Waals surface area contributed by atoms with Crippen molar-refractivity contribution in [1.29, 1.82) is 0 Å². The van der Waals surface area contributed by atoms with Gasteiger partial charge in [0.1, 0.15) is 13.2 Å². The van der Waals surface area contributed by atoms with Crippen LogP contribution >= 0.6 is 0 Å². The van der Waals surface area contributed by atoms with Crippen LogP contribution in [0.3, 0.4) is 0 Å². The third-order valence-electron chi connectivity index (χ3n) is 13.3. The van der Waals surface area contributed by atoms with Gasteiger partial charge >= 0.3 is 17.9 Å². The molecule has 0 bridgehead atoms. The van der Waals surface area contributed by atoms with Crippen LogP contribution in [0, 0.1) is 0 Å². The van der Waals surface area contributed by atoms with Gasteiger partial charge < -0.3 is 14.2 Å². The van der Waals surface area contributed by atoms with Crippen LogP contribution in [-0.2, 0) is 28.6 Å². The largest absolute Gasteiger partial charge is 0.462 e. The van der Waals surface area contributed by atoms with Crippen molar-refractivity contribution >= 4 is 17.9 Å². The summed E-state index contributed by atoms with van der Waals surface area (Å²) in [5.41, 5.74) is 0. The summed E-state index contributed by atoms with van der Waals surface area (Å²) >= 11 is 0. The second kappa shape index (κ2) is 57.9. The molecule has 0 aromatic rings. The Bertz CT molecular complexity index is 1200. The highest BCUT2D eigenvalue weighted by Gasteiger charge is 2.19. The van der Waals surface area contributed by atoms with Crippen LogP contribution in [0.2, 0.25) is 0 Å². The minimum Gasteiger partial charge on any atom is -0.462 e. The molecular formula is C63H114O6. The molecule has 1 atom stereocenters. The van der Waals surface area contributed by atoms with Crippen molar-refractivity contribution in [1.82, 2.24) is 0 Å². The number of unbranched alkanes of at least 4 members (excludes halogenated alkanes) is 36. The zero-order chi connectivity index (χ0) is 50.0. The average Bonchev–Trinajstić information content (AvgIpc) is 3.35. The zero-order valence-electron chi connectivity index (χ0n) is 46.1. The number of carbonyl (C=O) groups excluding carboxylic acids is 3. The van der Waals surface area contributed by atoms with Gasteiger partial charge in [-0.15, -0.1) is 0 Å². The molecule has 0 aliphatic carbocycles. The van der Waals surface area contributed by atoms with Crippen LogP contribution in [0.15, 0.2) is 48.6 Å². The normalized spacial score (nSPS) is 12.3. The van der Waals surface area contributed by atoms with Crippen molar-refractivity contribution in [3.05, 3.63) is 48.6 Å². The Morgan fingerprint density at radius 1 is 0.290 bits per heavy atom. The minimum absolute atomic E-state index is 0.0769. The first-order valence-corrected chi connectivity index (χ1v) is 30.1. The van der Waals surface area contributed by atoms with Crippen molar-refractivity contribution in [2.24, 2.45) is 0 Å². The maximum Gasteiger partial charge on any atom is 0.306 e. The maximum absolute atomic E-state index is 12.9. The number of carbonyl (C=O) groups is 3. The van der Waals surface area contributed by atoms with Crippen LogP contribution in [0.4, 0.5) is 0 Å². The van der Waals surface area contributed by atoms with Crippen LogP contribution in [0.1, 0.15) is 316 Å². The Balaban J connectivity index is 4.35. The van der Waals surface area contributed by atoms with E-state index >= 15 is 0 Å². The van der Waals surface area contributed by atoms with E-state index < -0.39 is 6.10 Å². The fraction of sp³-hybridized carbons (Fsp3) is 0.825. The van der Waals surface area contributed by atoms with Gasteiger partial charge in [0.25, 0.3) is 0 Å². The molecule has 402 valence electrons. The first-order chi connectivity index (χ1) is 34.0. The molecule has 69 heavy (non-hydrogen) atoms. The molecule has 0 N–H and O–H groups in total. The van der Waals surface area contributed by atoms with Gasteiger partial charge in [0.15, 0.2) is 6.10 Å². The summed E-state index contributed by atoms with van der Waals surface area (Å²) in [4.78, 5) is 38.2. The molecule has 0 saturated heterocycles. The van der Waals surface area contributed by atoms with Crippen LogP contribution in [0.5, 0.6) is 0 Å². The molecule has 0 spiro atoms. The predicted octanol–water partition coefficient (Wildman–Crippen LogP) is 20.2. The molecule has 0 amide bonds. The molecule has 0 heterocycles. The highest BCUT2D eigenvalue weighted by atomic mass is 16.6. The van der Waals surface area contributed by atoms with E-state index in [2.05, 4.69) is 69.4 Å². The summed E-state index contributed by atoms with van der Waals surface area (Å²) in [5.74, 6) is -0.878. The minimum atomic E-state index is -0.780. The second-order valence-corrected chi connectivity index (χ2v) is 20.3. The molecule has 0 unspecified atom stereocenters. The van der Waals surface area contributed by atoms with Gasteiger partial charge in [0.05, 0.1) is 0 Å². The van der Waals surface area contributed by atoms with Gasteiger partial charge in [-0.05, 0) is 83.5 Å². The number of ether oxygens (including phenoxy) is 3. The summed E-state index contributed by atoms with van der Waals surface area (Å²) in [5, 5.41) is 0. The molecule has 0 aromatic heterocycles. The molecule has 6 heteroatoms. The number of hydrogen-bond acceptors (Lipinski definition) is 6. The predicted molar refractivity (Wildman–Crippen MR) is 298 cm³/mol. The third kappa shape index (κ3) is 56.2. The molecule has 0 aliphatic heterocycles. The summed E-state index contributed by atoms with van der Waals surface area (Å²) in [6.07, 6.45) is 71.0. The molecule has 0 rings (SSSR count). The molecule has 0 saturated carbocycles. The Kier molecular flexibility index (Phi) is 55.7.